The Labute approximate surface area is 67.9 Å². The van der Waals surface area contributed by atoms with Crippen LogP contribution in [0.2, 0.25) is 0 Å². The highest BCUT2D eigenvalue weighted by molar-refractivity contribution is 8.15. The van der Waals surface area contributed by atoms with Crippen LogP contribution in [-0.2, 0) is 14.3 Å². The summed E-state index contributed by atoms with van der Waals surface area (Å²) in [4.78, 5) is 20.6. The third-order valence-electron chi connectivity index (χ3n) is 1.30. The van der Waals surface area contributed by atoms with Gasteiger partial charge in [-0.1, -0.05) is 0 Å². The predicted molar refractivity (Wildman–Crippen MR) is 39.2 cm³/mol. The van der Waals surface area contributed by atoms with Crippen molar-refractivity contribution >= 4 is 22.8 Å². The number of carbonyl (C=O) groups excluding carboxylic acids is 1. The van der Waals surface area contributed by atoms with E-state index in [2.05, 4.69) is 0 Å². The van der Waals surface area contributed by atoms with E-state index >= 15 is 0 Å². The van der Waals surface area contributed by atoms with Gasteiger partial charge in [-0.2, -0.15) is 0 Å². The van der Waals surface area contributed by atoms with Crippen molar-refractivity contribution in [3.8, 4) is 0 Å². The van der Waals surface area contributed by atoms with Gasteiger partial charge in [0.2, 0.25) is 0 Å². The Hall–Kier alpha value is -0.550. The van der Waals surface area contributed by atoms with Crippen molar-refractivity contribution in [1.82, 2.24) is 0 Å². The van der Waals surface area contributed by atoms with Crippen molar-refractivity contribution in [2.24, 2.45) is 0 Å². The number of rotatable bonds is 1. The van der Waals surface area contributed by atoms with Gasteiger partial charge in [0.05, 0.1) is 0 Å². The highest BCUT2D eigenvalue weighted by atomic mass is 32.2. The van der Waals surface area contributed by atoms with Crippen molar-refractivity contribution < 1.29 is 19.4 Å². The molecule has 4 nitrogen and oxygen atoms in total. The van der Waals surface area contributed by atoms with E-state index in [0.29, 0.717) is 6.61 Å². The third kappa shape index (κ3) is 2.51. The number of hydrogen-bond acceptors (Lipinski definition) is 4. The molecule has 62 valence electrons. The fourth-order valence-electron chi connectivity index (χ4n) is 0.811. The SMILES string of the molecule is O=C(O)C(=O)SC1CCCO1. The Morgan fingerprint density at radius 1 is 1.55 bits per heavy atom. The molecule has 1 unspecified atom stereocenters. The van der Waals surface area contributed by atoms with Crippen LogP contribution in [-0.4, -0.2) is 28.2 Å². The molecule has 1 aliphatic rings. The molecule has 0 aromatic carbocycles. The molecule has 1 saturated heterocycles. The Balaban J connectivity index is 2.29. The molecule has 0 aliphatic carbocycles. The fraction of sp³-hybridized carbons (Fsp3) is 0.667. The van der Waals surface area contributed by atoms with Gasteiger partial charge in [0.1, 0.15) is 5.44 Å². The second-order valence-electron chi connectivity index (χ2n) is 2.15. The molecule has 1 fully saturated rings. The summed E-state index contributed by atoms with van der Waals surface area (Å²) >= 11 is 0.755. The van der Waals surface area contributed by atoms with Crippen molar-refractivity contribution in [2.45, 2.75) is 18.3 Å². The molecule has 0 aromatic rings. The fourth-order valence-corrected chi connectivity index (χ4v) is 1.60. The molecule has 0 bridgehead atoms. The topological polar surface area (TPSA) is 63.6 Å². The molecule has 1 rings (SSSR count). The summed E-state index contributed by atoms with van der Waals surface area (Å²) in [5, 5.41) is 7.38. The average Bonchev–Trinajstić information content (AvgIpc) is 2.39. The molecular weight excluding hydrogens is 168 g/mol. The lowest BCUT2D eigenvalue weighted by Gasteiger charge is -2.03. The molecule has 11 heavy (non-hydrogen) atoms. The summed E-state index contributed by atoms with van der Waals surface area (Å²) in [5.41, 5.74) is -0.237. The monoisotopic (exact) mass is 176 g/mol. The molecule has 0 radical (unpaired) electrons. The molecule has 0 spiro atoms. The summed E-state index contributed by atoms with van der Waals surface area (Å²) < 4.78 is 5.05. The first-order chi connectivity index (χ1) is 5.20. The maximum absolute atomic E-state index is 10.6. The predicted octanol–water partition coefficient (Wildman–Crippen LogP) is 0.467. The summed E-state index contributed by atoms with van der Waals surface area (Å²) in [6, 6.07) is 0. The standard InChI is InChI=1S/C6H8O4S/c7-5(8)6(9)11-4-2-1-3-10-4/h4H,1-3H2,(H,7,8). The Kier molecular flexibility index (Phi) is 2.90. The molecule has 1 N–H and O–H groups in total. The van der Waals surface area contributed by atoms with Crippen molar-refractivity contribution in [3.63, 3.8) is 0 Å². The van der Waals surface area contributed by atoms with Crippen molar-refractivity contribution in [2.75, 3.05) is 6.61 Å². The van der Waals surface area contributed by atoms with Gasteiger partial charge in [0, 0.05) is 6.61 Å². The number of thioether (sulfide) groups is 1. The zero-order valence-corrected chi connectivity index (χ0v) is 6.60. The van der Waals surface area contributed by atoms with Crippen LogP contribution in [0.15, 0.2) is 0 Å². The summed E-state index contributed by atoms with van der Waals surface area (Å²) in [6.45, 7) is 0.630. The maximum atomic E-state index is 10.6. The van der Waals surface area contributed by atoms with Crippen molar-refractivity contribution in [1.29, 1.82) is 0 Å². The first-order valence-electron chi connectivity index (χ1n) is 3.25. The molecule has 0 saturated carbocycles. The summed E-state index contributed by atoms with van der Waals surface area (Å²) in [7, 11) is 0. The van der Waals surface area contributed by atoms with Crippen LogP contribution in [0.1, 0.15) is 12.8 Å². The van der Waals surface area contributed by atoms with Crippen LogP contribution in [0, 0.1) is 0 Å². The smallest absolute Gasteiger partial charge is 0.383 e. The van der Waals surface area contributed by atoms with Gasteiger partial charge in [0.25, 0.3) is 5.12 Å². The van der Waals surface area contributed by atoms with Crippen molar-refractivity contribution in [3.05, 3.63) is 0 Å². The van der Waals surface area contributed by atoms with E-state index in [1.165, 1.54) is 0 Å². The van der Waals surface area contributed by atoms with Crippen LogP contribution in [0.5, 0.6) is 0 Å². The molecule has 0 amide bonds. The normalized spacial score (nSPS) is 23.5. The maximum Gasteiger partial charge on any atom is 0.383 e. The number of hydrogen-bond donors (Lipinski definition) is 1. The summed E-state index contributed by atoms with van der Waals surface area (Å²) in [5.74, 6) is -1.40. The number of ether oxygens (including phenoxy) is 1. The van der Waals surface area contributed by atoms with E-state index < -0.39 is 11.1 Å². The minimum Gasteiger partial charge on any atom is -0.475 e. The van der Waals surface area contributed by atoms with Gasteiger partial charge < -0.3 is 9.84 Å². The summed E-state index contributed by atoms with van der Waals surface area (Å²) in [6.07, 6.45) is 1.67. The first-order valence-corrected chi connectivity index (χ1v) is 4.13. The zero-order valence-electron chi connectivity index (χ0n) is 5.78. The minimum absolute atomic E-state index is 0.237. The van der Waals surface area contributed by atoms with E-state index in [0.717, 1.165) is 24.6 Å². The number of aliphatic carboxylic acids is 1. The quantitative estimate of drug-likeness (QED) is 0.588. The third-order valence-corrected chi connectivity index (χ3v) is 2.32. The van der Waals surface area contributed by atoms with Gasteiger partial charge in [-0.05, 0) is 24.6 Å². The second-order valence-corrected chi connectivity index (χ2v) is 3.29. The molecule has 1 aliphatic heterocycles. The van der Waals surface area contributed by atoms with Crippen LogP contribution >= 0.6 is 11.8 Å². The first kappa shape index (κ1) is 8.55. The lowest BCUT2D eigenvalue weighted by molar-refractivity contribution is -0.145. The second kappa shape index (κ2) is 3.73. The Morgan fingerprint density at radius 2 is 2.27 bits per heavy atom. The van der Waals surface area contributed by atoms with E-state index in [1.54, 1.807) is 0 Å². The molecule has 0 aromatic heterocycles. The van der Waals surface area contributed by atoms with Gasteiger partial charge in [-0.3, -0.25) is 4.79 Å². The van der Waals surface area contributed by atoms with Gasteiger partial charge in [0.15, 0.2) is 0 Å². The van der Waals surface area contributed by atoms with Gasteiger partial charge in [-0.15, -0.1) is 0 Å². The Bertz CT molecular complexity index is 173. The highest BCUT2D eigenvalue weighted by Gasteiger charge is 2.23. The average molecular weight is 176 g/mol. The van der Waals surface area contributed by atoms with Crippen LogP contribution in [0.3, 0.4) is 0 Å². The minimum atomic E-state index is -1.40. The van der Waals surface area contributed by atoms with Crippen LogP contribution in [0.25, 0.3) is 0 Å². The number of carboxylic acid groups (broad SMARTS) is 1. The van der Waals surface area contributed by atoms with E-state index in [-0.39, 0.29) is 5.44 Å². The molecular formula is C6H8O4S. The number of carboxylic acids is 1. The molecule has 1 heterocycles. The van der Waals surface area contributed by atoms with E-state index in [9.17, 15) is 9.59 Å². The van der Waals surface area contributed by atoms with E-state index in [4.69, 9.17) is 9.84 Å². The van der Waals surface area contributed by atoms with E-state index in [1.807, 2.05) is 0 Å². The van der Waals surface area contributed by atoms with Gasteiger partial charge >= 0.3 is 5.97 Å². The lowest BCUT2D eigenvalue weighted by atomic mass is 10.4. The Morgan fingerprint density at radius 3 is 2.73 bits per heavy atom. The van der Waals surface area contributed by atoms with Crippen LogP contribution in [0.4, 0.5) is 0 Å². The highest BCUT2D eigenvalue weighted by Crippen LogP contribution is 2.23. The molecule has 5 heteroatoms. The van der Waals surface area contributed by atoms with Crippen LogP contribution < -0.4 is 0 Å². The number of carbonyl (C=O) groups is 2. The largest absolute Gasteiger partial charge is 0.475 e. The lowest BCUT2D eigenvalue weighted by Crippen LogP contribution is -2.13. The van der Waals surface area contributed by atoms with Gasteiger partial charge in [-0.25, -0.2) is 4.79 Å². The zero-order chi connectivity index (χ0) is 8.27. The molecule has 1 atom stereocenters.